The number of likely N-dealkylation sites (N-methyl/N-ethyl adjacent to an activating group) is 1. The van der Waals surface area contributed by atoms with Crippen LogP contribution in [0.4, 0.5) is 0 Å². The molecule has 0 aromatic heterocycles. The average Bonchev–Trinajstić information content (AvgIpc) is 2.79. The quantitative estimate of drug-likeness (QED) is 0.804. The second-order valence-corrected chi connectivity index (χ2v) is 5.76. The monoisotopic (exact) mass is 294 g/mol. The van der Waals surface area contributed by atoms with Crippen LogP contribution in [0.2, 0.25) is 5.02 Å². The van der Waals surface area contributed by atoms with Crippen LogP contribution in [-0.2, 0) is 11.3 Å². The van der Waals surface area contributed by atoms with Crippen LogP contribution in [-0.4, -0.2) is 41.4 Å². The van der Waals surface area contributed by atoms with Crippen LogP contribution >= 0.6 is 11.6 Å². The molecule has 0 aliphatic carbocycles. The van der Waals surface area contributed by atoms with E-state index >= 15 is 0 Å². The summed E-state index contributed by atoms with van der Waals surface area (Å²) in [5.41, 5.74) is 1.15. The van der Waals surface area contributed by atoms with Crippen molar-refractivity contribution < 1.29 is 4.79 Å². The van der Waals surface area contributed by atoms with Crippen molar-refractivity contribution in [1.29, 1.82) is 0 Å². The zero-order valence-corrected chi connectivity index (χ0v) is 13.1. The normalized spacial score (nSPS) is 19.1. The summed E-state index contributed by atoms with van der Waals surface area (Å²) in [5.74, 6) is 0.275. The van der Waals surface area contributed by atoms with E-state index in [-0.39, 0.29) is 5.91 Å². The summed E-state index contributed by atoms with van der Waals surface area (Å²) in [6.07, 6.45) is 1.66. The van der Waals surface area contributed by atoms with E-state index < -0.39 is 0 Å². The van der Waals surface area contributed by atoms with Crippen LogP contribution in [0.5, 0.6) is 0 Å². The third-order valence-corrected chi connectivity index (χ3v) is 4.33. The number of nitrogens with zero attached hydrogens (tertiary/aromatic N) is 2. The lowest BCUT2D eigenvalue weighted by Crippen LogP contribution is -2.41. The average molecular weight is 295 g/mol. The van der Waals surface area contributed by atoms with Crippen LogP contribution in [0, 0.1) is 0 Å². The van der Waals surface area contributed by atoms with Gasteiger partial charge in [-0.05, 0) is 37.2 Å². The van der Waals surface area contributed by atoms with E-state index in [4.69, 9.17) is 11.6 Å². The topological polar surface area (TPSA) is 23.6 Å². The minimum Gasteiger partial charge on any atom is -0.334 e. The lowest BCUT2D eigenvalue weighted by molar-refractivity contribution is -0.129. The lowest BCUT2D eigenvalue weighted by atomic mass is 10.1. The molecule has 20 heavy (non-hydrogen) atoms. The summed E-state index contributed by atoms with van der Waals surface area (Å²) in [6, 6.07) is 8.12. The molecule has 1 unspecified atom stereocenters. The van der Waals surface area contributed by atoms with Crippen molar-refractivity contribution in [2.75, 3.05) is 19.6 Å². The number of rotatable bonds is 6. The van der Waals surface area contributed by atoms with Crippen LogP contribution in [0.3, 0.4) is 0 Å². The van der Waals surface area contributed by atoms with Gasteiger partial charge in [-0.1, -0.05) is 37.6 Å². The minimum absolute atomic E-state index is 0.275. The first-order valence-corrected chi connectivity index (χ1v) is 7.78. The molecular formula is C16H23ClN2O. The van der Waals surface area contributed by atoms with Crippen molar-refractivity contribution in [2.45, 2.75) is 39.3 Å². The molecule has 1 aliphatic rings. The Bertz CT molecular complexity index is 442. The van der Waals surface area contributed by atoms with Crippen molar-refractivity contribution in [1.82, 2.24) is 9.80 Å². The van der Waals surface area contributed by atoms with Crippen molar-refractivity contribution >= 4 is 17.5 Å². The summed E-state index contributed by atoms with van der Waals surface area (Å²) in [4.78, 5) is 16.5. The van der Waals surface area contributed by atoms with E-state index in [2.05, 4.69) is 18.7 Å². The molecule has 4 heteroatoms. The number of amides is 1. The second-order valence-electron chi connectivity index (χ2n) is 5.33. The molecule has 0 radical (unpaired) electrons. The fourth-order valence-electron chi connectivity index (χ4n) is 2.77. The third kappa shape index (κ3) is 3.74. The van der Waals surface area contributed by atoms with Gasteiger partial charge < -0.3 is 9.80 Å². The Kier molecular flexibility index (Phi) is 5.44. The van der Waals surface area contributed by atoms with Crippen LogP contribution in [0.15, 0.2) is 24.3 Å². The maximum Gasteiger partial charge on any atom is 0.223 e. The van der Waals surface area contributed by atoms with Gasteiger partial charge in [-0.15, -0.1) is 0 Å². The Morgan fingerprint density at radius 3 is 2.50 bits per heavy atom. The molecule has 0 saturated carbocycles. The standard InChI is InChI=1S/C16H23ClN2O/c1-3-18(4-2)12-15-9-10-16(20)19(15)11-13-5-7-14(17)8-6-13/h5-8,15H,3-4,9-12H2,1-2H3. The highest BCUT2D eigenvalue weighted by Gasteiger charge is 2.31. The van der Waals surface area contributed by atoms with Crippen molar-refractivity contribution in [3.63, 3.8) is 0 Å². The van der Waals surface area contributed by atoms with Gasteiger partial charge >= 0.3 is 0 Å². The van der Waals surface area contributed by atoms with Gasteiger partial charge in [0.25, 0.3) is 0 Å². The van der Waals surface area contributed by atoms with Gasteiger partial charge in [0.2, 0.25) is 5.91 Å². The maximum absolute atomic E-state index is 12.1. The van der Waals surface area contributed by atoms with Gasteiger partial charge in [0.05, 0.1) is 0 Å². The number of likely N-dealkylation sites (tertiary alicyclic amines) is 1. The highest BCUT2D eigenvalue weighted by atomic mass is 35.5. The van der Waals surface area contributed by atoms with Crippen molar-refractivity contribution in [2.24, 2.45) is 0 Å². The molecule has 1 saturated heterocycles. The Labute approximate surface area is 126 Å². The Hall–Kier alpha value is -1.06. The zero-order chi connectivity index (χ0) is 14.5. The molecule has 1 aromatic carbocycles. The van der Waals surface area contributed by atoms with Crippen molar-refractivity contribution in [3.8, 4) is 0 Å². The largest absolute Gasteiger partial charge is 0.334 e. The summed E-state index contributed by atoms with van der Waals surface area (Å²) in [7, 11) is 0. The Balaban J connectivity index is 2.02. The summed E-state index contributed by atoms with van der Waals surface area (Å²) < 4.78 is 0. The summed E-state index contributed by atoms with van der Waals surface area (Å²) in [6.45, 7) is 8.09. The van der Waals surface area contributed by atoms with E-state index in [1.54, 1.807) is 0 Å². The van der Waals surface area contributed by atoms with Crippen molar-refractivity contribution in [3.05, 3.63) is 34.9 Å². The van der Waals surface area contributed by atoms with Gasteiger partial charge in [-0.25, -0.2) is 0 Å². The van der Waals surface area contributed by atoms with Gasteiger partial charge in [-0.3, -0.25) is 4.79 Å². The molecular weight excluding hydrogens is 272 g/mol. The van der Waals surface area contributed by atoms with Gasteiger partial charge in [0, 0.05) is 30.6 Å². The maximum atomic E-state index is 12.1. The fraction of sp³-hybridized carbons (Fsp3) is 0.562. The highest BCUT2D eigenvalue weighted by Crippen LogP contribution is 2.23. The highest BCUT2D eigenvalue weighted by molar-refractivity contribution is 6.30. The first kappa shape index (κ1) is 15.3. The number of carbonyl (C=O) groups excluding carboxylic acids is 1. The lowest BCUT2D eigenvalue weighted by Gasteiger charge is -2.29. The predicted octanol–water partition coefficient (Wildman–Crippen LogP) is 3.17. The molecule has 1 amide bonds. The van der Waals surface area contributed by atoms with E-state index in [0.717, 1.165) is 36.6 Å². The number of carbonyl (C=O) groups is 1. The zero-order valence-electron chi connectivity index (χ0n) is 12.3. The number of hydrogen-bond acceptors (Lipinski definition) is 2. The molecule has 0 spiro atoms. The molecule has 1 aliphatic heterocycles. The number of benzene rings is 1. The molecule has 3 nitrogen and oxygen atoms in total. The van der Waals surface area contributed by atoms with Crippen LogP contribution in [0.25, 0.3) is 0 Å². The second kappa shape index (κ2) is 7.09. The molecule has 1 heterocycles. The van der Waals surface area contributed by atoms with E-state index in [1.807, 2.05) is 29.2 Å². The number of hydrogen-bond donors (Lipinski definition) is 0. The van der Waals surface area contributed by atoms with E-state index in [0.29, 0.717) is 19.0 Å². The first-order valence-electron chi connectivity index (χ1n) is 7.40. The SMILES string of the molecule is CCN(CC)CC1CCC(=O)N1Cc1ccc(Cl)cc1. The van der Waals surface area contributed by atoms with Crippen LogP contribution < -0.4 is 0 Å². The molecule has 1 atom stereocenters. The van der Waals surface area contributed by atoms with Gasteiger partial charge in [0.1, 0.15) is 0 Å². The first-order chi connectivity index (χ1) is 9.63. The minimum atomic E-state index is 0.275. The van der Waals surface area contributed by atoms with E-state index in [1.165, 1.54) is 0 Å². The molecule has 1 aromatic rings. The number of halogens is 1. The fourth-order valence-corrected chi connectivity index (χ4v) is 2.89. The molecule has 1 fully saturated rings. The summed E-state index contributed by atoms with van der Waals surface area (Å²) in [5, 5.41) is 0.737. The predicted molar refractivity (Wildman–Crippen MR) is 82.8 cm³/mol. The molecule has 110 valence electrons. The smallest absolute Gasteiger partial charge is 0.223 e. The van der Waals surface area contributed by atoms with Crippen LogP contribution in [0.1, 0.15) is 32.3 Å². The third-order valence-electron chi connectivity index (χ3n) is 4.08. The molecule has 0 N–H and O–H groups in total. The molecule has 0 bridgehead atoms. The van der Waals surface area contributed by atoms with Gasteiger partial charge in [-0.2, -0.15) is 0 Å². The Morgan fingerprint density at radius 2 is 1.90 bits per heavy atom. The van der Waals surface area contributed by atoms with E-state index in [9.17, 15) is 4.79 Å². The summed E-state index contributed by atoms with van der Waals surface area (Å²) >= 11 is 5.90. The van der Waals surface area contributed by atoms with Gasteiger partial charge in [0.15, 0.2) is 0 Å². The Morgan fingerprint density at radius 1 is 1.25 bits per heavy atom. The molecule has 2 rings (SSSR count).